The van der Waals surface area contributed by atoms with Gasteiger partial charge in [-0.3, -0.25) is 4.79 Å². The number of para-hydroxylation sites is 1. The van der Waals surface area contributed by atoms with Gasteiger partial charge in [0.1, 0.15) is 13.2 Å². The fraction of sp³-hybridized carbons (Fsp3) is 0.381. The number of benzene rings is 2. The Hall–Kier alpha value is -2.49. The Kier molecular flexibility index (Phi) is 3.27. The fourth-order valence-corrected chi connectivity index (χ4v) is 4.52. The molecule has 0 radical (unpaired) electrons. The molecule has 0 unspecified atom stereocenters. The number of ether oxygens (including phenoxy) is 2. The standard InChI is InChI=1S/C21H21NO3/c23-20(17-7-4-8-18-19(17)25-10-9-24-18)22-13-21(14-22)11-16(12-21)15-5-2-1-3-6-15/h1-8,16H,9-14H2. The molecular weight excluding hydrogens is 314 g/mol. The van der Waals surface area contributed by atoms with Crippen LogP contribution >= 0.6 is 0 Å². The smallest absolute Gasteiger partial charge is 0.257 e. The number of carbonyl (C=O) groups is 1. The number of likely N-dealkylation sites (tertiary alicyclic amines) is 1. The number of rotatable bonds is 2. The quantitative estimate of drug-likeness (QED) is 0.843. The molecule has 0 bridgehead atoms. The van der Waals surface area contributed by atoms with E-state index in [1.807, 2.05) is 23.1 Å². The Labute approximate surface area is 147 Å². The summed E-state index contributed by atoms with van der Waals surface area (Å²) in [4.78, 5) is 14.8. The molecule has 2 fully saturated rings. The van der Waals surface area contributed by atoms with Crippen molar-refractivity contribution in [2.75, 3.05) is 26.3 Å². The van der Waals surface area contributed by atoms with Crippen LogP contribution in [0.4, 0.5) is 0 Å². The van der Waals surface area contributed by atoms with E-state index in [9.17, 15) is 4.79 Å². The highest BCUT2D eigenvalue weighted by atomic mass is 16.6. The molecule has 25 heavy (non-hydrogen) atoms. The summed E-state index contributed by atoms with van der Waals surface area (Å²) in [5, 5.41) is 0. The Morgan fingerprint density at radius 2 is 1.72 bits per heavy atom. The van der Waals surface area contributed by atoms with Crippen molar-refractivity contribution in [3.63, 3.8) is 0 Å². The second kappa shape index (κ2) is 5.51. The number of nitrogens with zero attached hydrogens (tertiary/aromatic N) is 1. The molecule has 4 nitrogen and oxygen atoms in total. The third-order valence-electron chi connectivity index (χ3n) is 5.77. The molecule has 2 heterocycles. The summed E-state index contributed by atoms with van der Waals surface area (Å²) in [5.74, 6) is 2.01. The molecule has 2 aromatic carbocycles. The molecule has 0 atom stereocenters. The molecule has 128 valence electrons. The van der Waals surface area contributed by atoms with Crippen LogP contribution in [0.25, 0.3) is 0 Å². The molecule has 4 heteroatoms. The van der Waals surface area contributed by atoms with Crippen LogP contribution in [0.3, 0.4) is 0 Å². The second-order valence-electron chi connectivity index (χ2n) is 7.51. The largest absolute Gasteiger partial charge is 0.486 e. The highest BCUT2D eigenvalue weighted by molar-refractivity contribution is 5.98. The van der Waals surface area contributed by atoms with Crippen molar-refractivity contribution >= 4 is 5.91 Å². The first-order chi connectivity index (χ1) is 12.2. The normalized spacial score (nSPS) is 20.7. The molecule has 1 saturated carbocycles. The molecule has 1 spiro atoms. The van der Waals surface area contributed by atoms with Gasteiger partial charge in [0.25, 0.3) is 5.91 Å². The lowest BCUT2D eigenvalue weighted by Crippen LogP contribution is -2.63. The lowest BCUT2D eigenvalue weighted by Gasteiger charge is -2.59. The zero-order chi connectivity index (χ0) is 16.9. The predicted molar refractivity (Wildman–Crippen MR) is 94.2 cm³/mol. The van der Waals surface area contributed by atoms with Crippen LogP contribution in [0.15, 0.2) is 48.5 Å². The average Bonchev–Trinajstić information content (AvgIpc) is 2.59. The summed E-state index contributed by atoms with van der Waals surface area (Å²) in [5.41, 5.74) is 2.40. The maximum atomic E-state index is 12.9. The zero-order valence-corrected chi connectivity index (χ0v) is 14.1. The summed E-state index contributed by atoms with van der Waals surface area (Å²) in [6, 6.07) is 16.3. The number of amides is 1. The van der Waals surface area contributed by atoms with Crippen LogP contribution in [0.5, 0.6) is 11.5 Å². The van der Waals surface area contributed by atoms with Crippen molar-refractivity contribution in [2.45, 2.75) is 18.8 Å². The summed E-state index contributed by atoms with van der Waals surface area (Å²) >= 11 is 0. The van der Waals surface area contributed by atoms with E-state index in [2.05, 4.69) is 30.3 Å². The number of hydrogen-bond acceptors (Lipinski definition) is 3. The van der Waals surface area contributed by atoms with Gasteiger partial charge in [-0.05, 0) is 36.5 Å². The minimum absolute atomic E-state index is 0.0659. The highest BCUT2D eigenvalue weighted by Crippen LogP contribution is 2.56. The van der Waals surface area contributed by atoms with Gasteiger partial charge in [-0.25, -0.2) is 0 Å². The SMILES string of the molecule is O=C(c1cccc2c1OCCO2)N1CC2(CC(c3ccccc3)C2)C1. The van der Waals surface area contributed by atoms with Crippen LogP contribution in [0, 0.1) is 5.41 Å². The van der Waals surface area contributed by atoms with Crippen LogP contribution in [0.1, 0.15) is 34.7 Å². The molecule has 5 rings (SSSR count). The van der Waals surface area contributed by atoms with E-state index in [1.54, 1.807) is 0 Å². The van der Waals surface area contributed by atoms with E-state index in [1.165, 1.54) is 18.4 Å². The topological polar surface area (TPSA) is 38.8 Å². The summed E-state index contributed by atoms with van der Waals surface area (Å²) < 4.78 is 11.3. The molecule has 1 aliphatic carbocycles. The maximum absolute atomic E-state index is 12.9. The van der Waals surface area contributed by atoms with Gasteiger partial charge in [0.15, 0.2) is 11.5 Å². The average molecular weight is 335 g/mol. The van der Waals surface area contributed by atoms with Crippen LogP contribution in [-0.2, 0) is 0 Å². The highest BCUT2D eigenvalue weighted by Gasteiger charge is 2.54. The van der Waals surface area contributed by atoms with Gasteiger partial charge in [-0.1, -0.05) is 36.4 Å². The Morgan fingerprint density at radius 1 is 0.960 bits per heavy atom. The minimum Gasteiger partial charge on any atom is -0.486 e. The van der Waals surface area contributed by atoms with Crippen molar-refractivity contribution in [3.05, 3.63) is 59.7 Å². The van der Waals surface area contributed by atoms with E-state index in [0.717, 1.165) is 13.1 Å². The number of hydrogen-bond donors (Lipinski definition) is 0. The lowest BCUT2D eigenvalue weighted by molar-refractivity contribution is -0.0555. The van der Waals surface area contributed by atoms with E-state index < -0.39 is 0 Å². The predicted octanol–water partition coefficient (Wildman–Crippen LogP) is 3.48. The van der Waals surface area contributed by atoms with Crippen molar-refractivity contribution in [1.82, 2.24) is 4.90 Å². The number of fused-ring (bicyclic) bond motifs is 1. The second-order valence-corrected chi connectivity index (χ2v) is 7.51. The van der Waals surface area contributed by atoms with Crippen molar-refractivity contribution in [3.8, 4) is 11.5 Å². The maximum Gasteiger partial charge on any atom is 0.257 e. The Balaban J connectivity index is 1.25. The molecule has 1 amide bonds. The Bertz CT molecular complexity index is 803. The molecule has 2 aromatic rings. The monoisotopic (exact) mass is 335 g/mol. The van der Waals surface area contributed by atoms with Crippen molar-refractivity contribution < 1.29 is 14.3 Å². The molecule has 0 aromatic heterocycles. The summed E-state index contributed by atoms with van der Waals surface area (Å²) in [7, 11) is 0. The zero-order valence-electron chi connectivity index (χ0n) is 14.1. The molecule has 2 aliphatic heterocycles. The van der Waals surface area contributed by atoms with Gasteiger partial charge < -0.3 is 14.4 Å². The molecule has 0 N–H and O–H groups in total. The Morgan fingerprint density at radius 3 is 2.52 bits per heavy atom. The van der Waals surface area contributed by atoms with Gasteiger partial charge in [0.2, 0.25) is 0 Å². The van der Waals surface area contributed by atoms with Gasteiger partial charge >= 0.3 is 0 Å². The minimum atomic E-state index is 0.0659. The van der Waals surface area contributed by atoms with Gasteiger partial charge in [-0.15, -0.1) is 0 Å². The van der Waals surface area contributed by atoms with Gasteiger partial charge in [0.05, 0.1) is 5.56 Å². The first-order valence-electron chi connectivity index (χ1n) is 8.97. The van der Waals surface area contributed by atoms with E-state index in [-0.39, 0.29) is 5.91 Å². The third kappa shape index (κ3) is 2.39. The first kappa shape index (κ1) is 14.8. The summed E-state index contributed by atoms with van der Waals surface area (Å²) in [6.45, 7) is 2.76. The number of carbonyl (C=O) groups excluding carboxylic acids is 1. The van der Waals surface area contributed by atoms with Crippen LogP contribution in [0.2, 0.25) is 0 Å². The summed E-state index contributed by atoms with van der Waals surface area (Å²) in [6.07, 6.45) is 2.38. The molecular formula is C21H21NO3. The van der Waals surface area contributed by atoms with Crippen LogP contribution in [-0.4, -0.2) is 37.1 Å². The van der Waals surface area contributed by atoms with Crippen molar-refractivity contribution in [2.24, 2.45) is 5.41 Å². The molecule has 3 aliphatic rings. The first-order valence-corrected chi connectivity index (χ1v) is 8.97. The molecule has 1 saturated heterocycles. The van der Waals surface area contributed by atoms with E-state index in [4.69, 9.17) is 9.47 Å². The third-order valence-corrected chi connectivity index (χ3v) is 5.77. The van der Waals surface area contributed by atoms with Crippen molar-refractivity contribution in [1.29, 1.82) is 0 Å². The van der Waals surface area contributed by atoms with Gasteiger partial charge in [-0.2, -0.15) is 0 Å². The van der Waals surface area contributed by atoms with E-state index in [0.29, 0.717) is 41.6 Å². The fourth-order valence-electron chi connectivity index (χ4n) is 4.52. The van der Waals surface area contributed by atoms with Crippen LogP contribution < -0.4 is 9.47 Å². The van der Waals surface area contributed by atoms with E-state index >= 15 is 0 Å². The van der Waals surface area contributed by atoms with Gasteiger partial charge in [0, 0.05) is 18.5 Å². The lowest BCUT2D eigenvalue weighted by atomic mass is 9.56.